The zero-order valence-corrected chi connectivity index (χ0v) is 15.2. The van der Waals surface area contributed by atoms with Crippen molar-refractivity contribution in [3.05, 3.63) is 53.4 Å². The molecular formula is C20H25FN4O. The lowest BCUT2D eigenvalue weighted by atomic mass is 9.79. The van der Waals surface area contributed by atoms with Gasteiger partial charge in [-0.1, -0.05) is 12.1 Å². The number of nitrogens with one attached hydrogen (secondary N) is 1. The predicted molar refractivity (Wildman–Crippen MR) is 97.2 cm³/mol. The molecule has 1 spiro atoms. The van der Waals surface area contributed by atoms with E-state index in [2.05, 4.69) is 14.9 Å². The number of likely N-dealkylation sites (tertiary alicyclic amines) is 2. The zero-order valence-electron chi connectivity index (χ0n) is 15.2. The van der Waals surface area contributed by atoms with Crippen LogP contribution in [0.5, 0.6) is 0 Å². The van der Waals surface area contributed by atoms with E-state index >= 15 is 0 Å². The van der Waals surface area contributed by atoms with E-state index in [1.54, 1.807) is 6.20 Å². The Bertz CT molecular complexity index is 787. The number of hydrogen-bond donors (Lipinski definition) is 1. The normalized spacial score (nSPS) is 23.7. The van der Waals surface area contributed by atoms with E-state index in [1.807, 2.05) is 24.0 Å². The highest BCUT2D eigenvalue weighted by molar-refractivity contribution is 5.90. The summed E-state index contributed by atoms with van der Waals surface area (Å²) in [5.41, 5.74) is 2.22. The Morgan fingerprint density at radius 2 is 2.04 bits per heavy atom. The summed E-state index contributed by atoms with van der Waals surface area (Å²) in [5, 5.41) is 0. The number of aryl methyl sites for hydroxylation is 1. The molecule has 138 valence electrons. The maximum atomic E-state index is 13.1. The largest absolute Gasteiger partial charge is 0.338 e. The maximum absolute atomic E-state index is 13.1. The van der Waals surface area contributed by atoms with Gasteiger partial charge in [0.25, 0.3) is 5.91 Å². The molecular weight excluding hydrogens is 331 g/mol. The van der Waals surface area contributed by atoms with Crippen LogP contribution >= 0.6 is 0 Å². The number of H-pyrrole nitrogens is 1. The van der Waals surface area contributed by atoms with Crippen molar-refractivity contribution in [2.45, 2.75) is 32.7 Å². The maximum Gasteiger partial charge on any atom is 0.289 e. The highest BCUT2D eigenvalue weighted by atomic mass is 19.1. The summed E-state index contributed by atoms with van der Waals surface area (Å²) in [6.45, 7) is 6.39. The molecule has 1 amide bonds. The first-order valence-electron chi connectivity index (χ1n) is 9.31. The number of piperidine rings is 1. The molecule has 0 bridgehead atoms. The lowest BCUT2D eigenvalue weighted by Gasteiger charge is -2.40. The number of rotatable bonds is 3. The fourth-order valence-corrected chi connectivity index (χ4v) is 4.41. The third kappa shape index (κ3) is 3.51. The molecule has 1 atom stereocenters. The fourth-order valence-electron chi connectivity index (χ4n) is 4.41. The van der Waals surface area contributed by atoms with Gasteiger partial charge in [-0.3, -0.25) is 9.69 Å². The topological polar surface area (TPSA) is 52.2 Å². The number of amides is 1. The van der Waals surface area contributed by atoms with Gasteiger partial charge in [0.05, 0.1) is 0 Å². The number of carbonyl (C=O) groups is 1. The van der Waals surface area contributed by atoms with Crippen molar-refractivity contribution in [2.75, 3.05) is 26.2 Å². The molecule has 0 saturated carbocycles. The van der Waals surface area contributed by atoms with Gasteiger partial charge < -0.3 is 9.88 Å². The number of hydrogen-bond acceptors (Lipinski definition) is 3. The van der Waals surface area contributed by atoms with E-state index < -0.39 is 0 Å². The summed E-state index contributed by atoms with van der Waals surface area (Å²) in [4.78, 5) is 24.3. The van der Waals surface area contributed by atoms with Gasteiger partial charge in [-0.15, -0.1) is 0 Å². The molecule has 2 aliphatic rings. The van der Waals surface area contributed by atoms with Crippen LogP contribution in [0.1, 0.15) is 41.1 Å². The van der Waals surface area contributed by atoms with Crippen LogP contribution in [0.3, 0.4) is 0 Å². The molecule has 2 aromatic rings. The Morgan fingerprint density at radius 1 is 1.23 bits per heavy atom. The van der Waals surface area contributed by atoms with Crippen LogP contribution in [-0.2, 0) is 6.54 Å². The van der Waals surface area contributed by atoms with Crippen molar-refractivity contribution in [1.82, 2.24) is 19.8 Å². The third-order valence-corrected chi connectivity index (χ3v) is 5.69. The van der Waals surface area contributed by atoms with Crippen molar-refractivity contribution in [3.63, 3.8) is 0 Å². The van der Waals surface area contributed by atoms with E-state index in [0.717, 1.165) is 63.2 Å². The standard InChI is InChI=1S/C20H25FN4O/c1-15-11-22-18(23-15)19(26)25-10-8-20(14-25)7-2-9-24(13-20)12-16-3-5-17(21)6-4-16/h3-6,11H,2,7-10,12-14H2,1H3,(H,22,23). The predicted octanol–water partition coefficient (Wildman–Crippen LogP) is 2.99. The monoisotopic (exact) mass is 356 g/mol. The van der Waals surface area contributed by atoms with Crippen LogP contribution < -0.4 is 0 Å². The molecule has 2 aliphatic heterocycles. The molecule has 1 aromatic heterocycles. The van der Waals surface area contributed by atoms with Crippen LogP contribution in [0.4, 0.5) is 4.39 Å². The fraction of sp³-hybridized carbons (Fsp3) is 0.500. The molecule has 4 rings (SSSR count). The Hall–Kier alpha value is -2.21. The Labute approximate surface area is 153 Å². The number of aromatic amines is 1. The SMILES string of the molecule is Cc1cnc(C(=O)N2CCC3(CCCN(Cc4ccc(F)cc4)C3)C2)[nH]1. The summed E-state index contributed by atoms with van der Waals surface area (Å²) in [7, 11) is 0. The summed E-state index contributed by atoms with van der Waals surface area (Å²) in [5.74, 6) is 0.256. The minimum Gasteiger partial charge on any atom is -0.338 e. The molecule has 3 heterocycles. The second kappa shape index (κ2) is 6.83. The first-order chi connectivity index (χ1) is 12.5. The van der Waals surface area contributed by atoms with Gasteiger partial charge in [0.1, 0.15) is 5.82 Å². The lowest BCUT2D eigenvalue weighted by molar-refractivity contribution is 0.0667. The first-order valence-corrected chi connectivity index (χ1v) is 9.31. The van der Waals surface area contributed by atoms with Gasteiger partial charge >= 0.3 is 0 Å². The van der Waals surface area contributed by atoms with Gasteiger partial charge in [-0.2, -0.15) is 0 Å². The van der Waals surface area contributed by atoms with Crippen molar-refractivity contribution in [1.29, 1.82) is 0 Å². The average Bonchev–Trinajstić information content (AvgIpc) is 3.23. The number of nitrogens with zero attached hydrogens (tertiary/aromatic N) is 3. The summed E-state index contributed by atoms with van der Waals surface area (Å²) >= 11 is 0. The first kappa shape index (κ1) is 17.2. The number of imidazole rings is 1. The van der Waals surface area contributed by atoms with Crippen LogP contribution in [0.25, 0.3) is 0 Å². The third-order valence-electron chi connectivity index (χ3n) is 5.69. The number of benzene rings is 1. The molecule has 0 aliphatic carbocycles. The van der Waals surface area contributed by atoms with Crippen molar-refractivity contribution in [3.8, 4) is 0 Å². The number of carbonyl (C=O) groups excluding carboxylic acids is 1. The molecule has 2 fully saturated rings. The zero-order chi connectivity index (χ0) is 18.1. The molecule has 2 saturated heterocycles. The van der Waals surface area contributed by atoms with E-state index in [-0.39, 0.29) is 17.1 Å². The lowest BCUT2D eigenvalue weighted by Crippen LogP contribution is -2.45. The Kier molecular flexibility index (Phi) is 4.53. The van der Waals surface area contributed by atoms with Gasteiger partial charge in [0, 0.05) is 43.5 Å². The number of halogens is 1. The van der Waals surface area contributed by atoms with E-state index in [9.17, 15) is 9.18 Å². The summed E-state index contributed by atoms with van der Waals surface area (Å²) in [6, 6.07) is 6.77. The average molecular weight is 356 g/mol. The van der Waals surface area contributed by atoms with Crippen LogP contribution in [0.15, 0.2) is 30.5 Å². The second-order valence-corrected chi connectivity index (χ2v) is 7.83. The van der Waals surface area contributed by atoms with Crippen molar-refractivity contribution < 1.29 is 9.18 Å². The smallest absolute Gasteiger partial charge is 0.289 e. The minimum atomic E-state index is -0.193. The van der Waals surface area contributed by atoms with E-state index in [4.69, 9.17) is 0 Å². The minimum absolute atomic E-state index is 0.00522. The van der Waals surface area contributed by atoms with Gasteiger partial charge in [-0.05, 0) is 50.4 Å². The van der Waals surface area contributed by atoms with Crippen LogP contribution in [0.2, 0.25) is 0 Å². The molecule has 1 N–H and O–H groups in total. The highest BCUT2D eigenvalue weighted by Crippen LogP contribution is 2.39. The van der Waals surface area contributed by atoms with Crippen LogP contribution in [-0.4, -0.2) is 51.9 Å². The van der Waals surface area contributed by atoms with Gasteiger partial charge in [0.15, 0.2) is 5.82 Å². The molecule has 6 heteroatoms. The molecule has 26 heavy (non-hydrogen) atoms. The van der Waals surface area contributed by atoms with Crippen molar-refractivity contribution >= 4 is 5.91 Å². The number of aromatic nitrogens is 2. The summed E-state index contributed by atoms with van der Waals surface area (Å²) in [6.07, 6.45) is 5.04. The van der Waals surface area contributed by atoms with E-state index in [1.165, 1.54) is 12.1 Å². The van der Waals surface area contributed by atoms with Gasteiger partial charge in [0.2, 0.25) is 0 Å². The Morgan fingerprint density at radius 3 is 2.77 bits per heavy atom. The van der Waals surface area contributed by atoms with Crippen molar-refractivity contribution in [2.24, 2.45) is 5.41 Å². The molecule has 1 unspecified atom stereocenters. The second-order valence-electron chi connectivity index (χ2n) is 7.83. The molecule has 1 aromatic carbocycles. The summed E-state index contributed by atoms with van der Waals surface area (Å²) < 4.78 is 13.1. The quantitative estimate of drug-likeness (QED) is 0.920. The van der Waals surface area contributed by atoms with Gasteiger partial charge in [-0.25, -0.2) is 9.37 Å². The molecule has 0 radical (unpaired) electrons. The Balaban J connectivity index is 1.40. The van der Waals surface area contributed by atoms with E-state index in [0.29, 0.717) is 5.82 Å². The van der Waals surface area contributed by atoms with Crippen LogP contribution in [0, 0.1) is 18.2 Å². The molecule has 5 nitrogen and oxygen atoms in total. The highest BCUT2D eigenvalue weighted by Gasteiger charge is 2.43.